The molecule has 2 aliphatic heterocycles. The summed E-state index contributed by atoms with van der Waals surface area (Å²) < 4.78 is 59.5. The Balaban J connectivity index is 1.70. The number of carbonyl (C=O) groups is 3. The van der Waals surface area contributed by atoms with Gasteiger partial charge in [0.1, 0.15) is 11.4 Å². The molecule has 0 radical (unpaired) electrons. The Morgan fingerprint density at radius 2 is 1.88 bits per heavy atom. The van der Waals surface area contributed by atoms with Gasteiger partial charge in [0.05, 0.1) is 30.0 Å². The zero-order valence-corrected chi connectivity index (χ0v) is 25.4. The normalized spacial score (nSPS) is 21.2. The number of nitrogens with one attached hydrogen (secondary N) is 1. The molecule has 2 atom stereocenters. The molecule has 1 unspecified atom stereocenters. The molecule has 0 bridgehead atoms. The molecule has 43 heavy (non-hydrogen) atoms. The first-order valence-corrected chi connectivity index (χ1v) is 14.5. The molecular formula is C29H41F3N4O7. The van der Waals surface area contributed by atoms with Crippen LogP contribution in [0.1, 0.15) is 76.2 Å². The van der Waals surface area contributed by atoms with E-state index in [9.17, 15) is 32.7 Å². The largest absolute Gasteiger partial charge is 0.480 e. The van der Waals surface area contributed by atoms with Crippen molar-refractivity contribution in [3.8, 4) is 5.75 Å². The Kier molecular flexibility index (Phi) is 9.01. The monoisotopic (exact) mass is 614 g/mol. The van der Waals surface area contributed by atoms with Crippen molar-refractivity contribution >= 4 is 23.8 Å². The molecule has 0 aromatic heterocycles. The fourth-order valence-electron chi connectivity index (χ4n) is 5.69. The molecule has 4 rings (SSSR count). The minimum Gasteiger partial charge on any atom is -0.480 e. The second-order valence-corrected chi connectivity index (χ2v) is 12.5. The first-order chi connectivity index (χ1) is 20.0. The van der Waals surface area contributed by atoms with Crippen molar-refractivity contribution in [2.75, 3.05) is 38.2 Å². The predicted octanol–water partition coefficient (Wildman–Crippen LogP) is 4.36. The molecule has 1 aromatic carbocycles. The number of amides is 3. The van der Waals surface area contributed by atoms with Crippen molar-refractivity contribution in [3.63, 3.8) is 0 Å². The fraction of sp³-hybridized carbons (Fsp3) is 0.690. The van der Waals surface area contributed by atoms with E-state index in [2.05, 4.69) is 10.1 Å². The SMILES string of the molecule is COC(=O)NCCN1c2cc(C(=O)N(C(C)C)[C@@H]3CCCN(C(=O)OC(C)(C)C)C3)c(C(F)(F)F)cc2OC2(CC2)C1O. The van der Waals surface area contributed by atoms with Crippen LogP contribution in [-0.4, -0.2) is 95.8 Å². The summed E-state index contributed by atoms with van der Waals surface area (Å²) in [4.78, 5) is 42.8. The van der Waals surface area contributed by atoms with Crippen molar-refractivity contribution in [1.29, 1.82) is 0 Å². The number of fused-ring (bicyclic) bond motifs is 1. The number of hydrogen-bond acceptors (Lipinski definition) is 8. The molecule has 3 aliphatic rings. The number of halogens is 3. The first-order valence-electron chi connectivity index (χ1n) is 14.5. The summed E-state index contributed by atoms with van der Waals surface area (Å²) in [5.74, 6) is -0.954. The number of aliphatic hydroxyl groups excluding tert-OH is 1. The van der Waals surface area contributed by atoms with E-state index in [-0.39, 0.29) is 31.1 Å². The van der Waals surface area contributed by atoms with Gasteiger partial charge in [-0.1, -0.05) is 0 Å². The van der Waals surface area contributed by atoms with E-state index in [1.807, 2.05) is 0 Å². The van der Waals surface area contributed by atoms with Crippen LogP contribution in [0.2, 0.25) is 0 Å². The molecule has 2 heterocycles. The summed E-state index contributed by atoms with van der Waals surface area (Å²) in [6.45, 7) is 9.21. The second kappa shape index (κ2) is 11.9. The number of benzene rings is 1. The minimum absolute atomic E-state index is 0.0181. The Morgan fingerprint density at radius 1 is 1.21 bits per heavy atom. The number of carbonyl (C=O) groups excluding carboxylic acids is 3. The highest BCUT2D eigenvalue weighted by Gasteiger charge is 2.58. The zero-order chi connectivity index (χ0) is 31.9. The van der Waals surface area contributed by atoms with Gasteiger partial charge in [0, 0.05) is 32.2 Å². The van der Waals surface area contributed by atoms with Crippen LogP contribution < -0.4 is 15.0 Å². The van der Waals surface area contributed by atoms with E-state index in [0.717, 1.165) is 12.1 Å². The Bertz CT molecular complexity index is 1230. The number of nitrogens with zero attached hydrogens (tertiary/aromatic N) is 3. The van der Waals surface area contributed by atoms with E-state index in [0.29, 0.717) is 32.2 Å². The van der Waals surface area contributed by atoms with Crippen LogP contribution >= 0.6 is 0 Å². The van der Waals surface area contributed by atoms with Gasteiger partial charge in [-0.15, -0.1) is 0 Å². The summed E-state index contributed by atoms with van der Waals surface area (Å²) in [5.41, 5.74) is -3.43. The van der Waals surface area contributed by atoms with Crippen molar-refractivity contribution < 1.29 is 46.9 Å². The smallest absolute Gasteiger partial charge is 0.417 e. The van der Waals surface area contributed by atoms with Crippen LogP contribution in [0.25, 0.3) is 0 Å². The summed E-state index contributed by atoms with van der Waals surface area (Å²) in [7, 11) is 1.20. The lowest BCUT2D eigenvalue weighted by Gasteiger charge is -2.43. The van der Waals surface area contributed by atoms with E-state index in [4.69, 9.17) is 9.47 Å². The molecular weight excluding hydrogens is 573 g/mol. The molecule has 1 saturated heterocycles. The van der Waals surface area contributed by atoms with Gasteiger partial charge < -0.3 is 39.3 Å². The highest BCUT2D eigenvalue weighted by Crippen LogP contribution is 2.53. The highest BCUT2D eigenvalue weighted by molar-refractivity contribution is 5.98. The highest BCUT2D eigenvalue weighted by atomic mass is 19.4. The lowest BCUT2D eigenvalue weighted by atomic mass is 9.97. The van der Waals surface area contributed by atoms with E-state index < -0.39 is 64.9 Å². The van der Waals surface area contributed by atoms with Crippen molar-refractivity contribution in [1.82, 2.24) is 15.1 Å². The van der Waals surface area contributed by atoms with Gasteiger partial charge in [0.2, 0.25) is 0 Å². The summed E-state index contributed by atoms with van der Waals surface area (Å²) >= 11 is 0. The molecule has 1 saturated carbocycles. The van der Waals surface area contributed by atoms with Gasteiger partial charge in [-0.3, -0.25) is 4.79 Å². The van der Waals surface area contributed by atoms with Gasteiger partial charge >= 0.3 is 18.4 Å². The summed E-state index contributed by atoms with van der Waals surface area (Å²) in [5, 5.41) is 13.6. The molecule has 3 amide bonds. The minimum atomic E-state index is -4.88. The molecule has 2 fully saturated rings. The number of hydrogen-bond donors (Lipinski definition) is 2. The average molecular weight is 615 g/mol. The van der Waals surface area contributed by atoms with Crippen LogP contribution in [0.3, 0.4) is 0 Å². The number of methoxy groups -OCH3 is 1. The topological polar surface area (TPSA) is 121 Å². The van der Waals surface area contributed by atoms with Crippen molar-refractivity contribution in [3.05, 3.63) is 23.3 Å². The quantitative estimate of drug-likeness (QED) is 0.485. The number of rotatable bonds is 6. The standard InChI is InChI=1S/C29H41F3N4O7/c1-17(2)36(18-8-7-12-34(16-18)26(40)43-27(3,4)5)23(37)19-14-21-22(15-20(19)29(30,31)32)42-28(9-10-28)24(38)35(21)13-11-33-25(39)41-6/h14-15,17-18,24,38H,7-13,16H2,1-6H3,(H,33,39)/t18-,24?/m1/s1. The summed E-state index contributed by atoms with van der Waals surface area (Å²) in [6.07, 6.45) is -5.43. The maximum Gasteiger partial charge on any atom is 0.417 e. The number of aliphatic hydroxyl groups is 1. The van der Waals surface area contributed by atoms with Gasteiger partial charge in [-0.2, -0.15) is 13.2 Å². The number of alkyl carbamates (subject to hydrolysis) is 1. The van der Waals surface area contributed by atoms with Gasteiger partial charge in [-0.05, 0) is 72.4 Å². The second-order valence-electron chi connectivity index (χ2n) is 12.5. The zero-order valence-electron chi connectivity index (χ0n) is 25.4. The molecule has 1 aliphatic carbocycles. The van der Waals surface area contributed by atoms with Crippen LogP contribution in [0.5, 0.6) is 5.75 Å². The third-order valence-electron chi connectivity index (χ3n) is 7.81. The number of alkyl halides is 3. The Labute approximate surface area is 249 Å². The molecule has 1 spiro atoms. The Morgan fingerprint density at radius 3 is 2.44 bits per heavy atom. The lowest BCUT2D eigenvalue weighted by Crippen LogP contribution is -2.55. The maximum atomic E-state index is 14.5. The predicted molar refractivity (Wildman–Crippen MR) is 150 cm³/mol. The first kappa shape index (κ1) is 32.5. The number of ether oxygens (including phenoxy) is 3. The third-order valence-corrected chi connectivity index (χ3v) is 7.81. The van der Waals surface area contributed by atoms with Crippen molar-refractivity contribution in [2.24, 2.45) is 0 Å². The van der Waals surface area contributed by atoms with E-state index in [1.54, 1.807) is 34.6 Å². The average Bonchev–Trinajstić information content (AvgIpc) is 3.68. The number of anilines is 1. The van der Waals surface area contributed by atoms with Gasteiger partial charge in [0.15, 0.2) is 11.8 Å². The molecule has 14 heteroatoms. The number of likely N-dealkylation sites (tertiary alicyclic amines) is 1. The van der Waals surface area contributed by atoms with E-state index in [1.165, 1.54) is 21.8 Å². The van der Waals surface area contributed by atoms with Crippen LogP contribution in [0.15, 0.2) is 12.1 Å². The Hall–Kier alpha value is -3.42. The third kappa shape index (κ3) is 7.05. The number of piperidine rings is 1. The van der Waals surface area contributed by atoms with Gasteiger partial charge in [0.25, 0.3) is 5.91 Å². The van der Waals surface area contributed by atoms with Gasteiger partial charge in [-0.25, -0.2) is 9.59 Å². The summed E-state index contributed by atoms with van der Waals surface area (Å²) in [6, 6.07) is 0.885. The molecule has 2 N–H and O–H groups in total. The van der Waals surface area contributed by atoms with Crippen LogP contribution in [-0.2, 0) is 15.7 Å². The van der Waals surface area contributed by atoms with Crippen LogP contribution in [0, 0.1) is 0 Å². The molecule has 11 nitrogen and oxygen atoms in total. The van der Waals surface area contributed by atoms with Crippen LogP contribution in [0.4, 0.5) is 28.4 Å². The van der Waals surface area contributed by atoms with Crippen molar-refractivity contribution in [2.45, 2.75) is 96.0 Å². The molecule has 1 aromatic rings. The lowest BCUT2D eigenvalue weighted by molar-refractivity contribution is -0.138. The van der Waals surface area contributed by atoms with E-state index >= 15 is 0 Å². The molecule has 240 valence electrons. The maximum absolute atomic E-state index is 14.5. The fourth-order valence-corrected chi connectivity index (χ4v) is 5.69.